The minimum absolute atomic E-state index is 0.0248. The average molecular weight is 305 g/mol. The van der Waals surface area contributed by atoms with E-state index in [1.165, 1.54) is 28.9 Å². The van der Waals surface area contributed by atoms with E-state index in [-0.39, 0.29) is 17.1 Å². The second-order valence-electron chi connectivity index (χ2n) is 4.77. The Bertz CT molecular complexity index is 908. The first-order valence-electron chi connectivity index (χ1n) is 6.70. The van der Waals surface area contributed by atoms with Crippen LogP contribution in [-0.2, 0) is 0 Å². The molecule has 3 rings (SSSR count). The molecule has 0 unspecified atom stereocenters. The van der Waals surface area contributed by atoms with E-state index in [0.717, 1.165) is 5.56 Å². The van der Waals surface area contributed by atoms with Crippen molar-refractivity contribution in [2.75, 3.05) is 5.73 Å². The Hall–Kier alpha value is -3.66. The highest BCUT2D eigenvalue weighted by Gasteiger charge is 2.18. The number of non-ortho nitro benzene ring substituents is 1. The van der Waals surface area contributed by atoms with Gasteiger partial charge in [0.05, 0.1) is 10.6 Å². The standard InChI is InChI=1S/C16H11N5O2/c17-10-14-15(11-4-2-1-3-5-11)19-20(16(14)18)12-6-8-13(9-7-12)21(22)23/h1-9H,18H2. The summed E-state index contributed by atoms with van der Waals surface area (Å²) in [5.74, 6) is 0.195. The third-order valence-electron chi connectivity index (χ3n) is 3.39. The summed E-state index contributed by atoms with van der Waals surface area (Å²) in [6.07, 6.45) is 0. The number of benzene rings is 2. The maximum Gasteiger partial charge on any atom is 0.269 e. The summed E-state index contributed by atoms with van der Waals surface area (Å²) in [7, 11) is 0. The van der Waals surface area contributed by atoms with Crippen LogP contribution in [0.4, 0.5) is 11.5 Å². The molecular formula is C16H11N5O2. The van der Waals surface area contributed by atoms with Gasteiger partial charge in [0, 0.05) is 17.7 Å². The van der Waals surface area contributed by atoms with E-state index in [1.54, 1.807) is 0 Å². The summed E-state index contributed by atoms with van der Waals surface area (Å²) in [6, 6.07) is 17.1. The Labute approximate surface area is 131 Å². The quantitative estimate of drug-likeness (QED) is 0.590. The number of nitriles is 1. The zero-order valence-corrected chi connectivity index (χ0v) is 11.9. The minimum atomic E-state index is -0.480. The van der Waals surface area contributed by atoms with Crippen molar-refractivity contribution in [2.45, 2.75) is 0 Å². The van der Waals surface area contributed by atoms with Gasteiger partial charge in [0.1, 0.15) is 23.1 Å². The zero-order chi connectivity index (χ0) is 16.4. The summed E-state index contributed by atoms with van der Waals surface area (Å²) >= 11 is 0. The van der Waals surface area contributed by atoms with Crippen LogP contribution in [0.5, 0.6) is 0 Å². The molecule has 0 fully saturated rings. The average Bonchev–Trinajstić information content (AvgIpc) is 2.92. The molecule has 0 aliphatic carbocycles. The van der Waals surface area contributed by atoms with Crippen LogP contribution in [0.15, 0.2) is 54.6 Å². The van der Waals surface area contributed by atoms with Crippen molar-refractivity contribution in [1.29, 1.82) is 5.26 Å². The summed E-state index contributed by atoms with van der Waals surface area (Å²) < 4.78 is 1.41. The molecule has 0 saturated heterocycles. The number of anilines is 1. The smallest absolute Gasteiger partial charge is 0.269 e. The van der Waals surface area contributed by atoms with Crippen molar-refractivity contribution >= 4 is 11.5 Å². The van der Waals surface area contributed by atoms with Crippen LogP contribution in [0.1, 0.15) is 5.56 Å². The zero-order valence-electron chi connectivity index (χ0n) is 11.9. The van der Waals surface area contributed by atoms with Crippen molar-refractivity contribution in [1.82, 2.24) is 9.78 Å². The topological polar surface area (TPSA) is 111 Å². The highest BCUT2D eigenvalue weighted by atomic mass is 16.6. The molecule has 23 heavy (non-hydrogen) atoms. The summed E-state index contributed by atoms with van der Waals surface area (Å²) in [5.41, 5.74) is 8.07. The van der Waals surface area contributed by atoms with E-state index in [2.05, 4.69) is 11.2 Å². The van der Waals surface area contributed by atoms with Crippen LogP contribution in [-0.4, -0.2) is 14.7 Å². The van der Waals surface area contributed by atoms with E-state index >= 15 is 0 Å². The van der Waals surface area contributed by atoms with Gasteiger partial charge in [-0.25, -0.2) is 4.68 Å². The SMILES string of the molecule is N#Cc1c(-c2ccccc2)nn(-c2ccc([N+](=O)[O-])cc2)c1N. The minimum Gasteiger partial charge on any atom is -0.382 e. The number of rotatable bonds is 3. The third kappa shape index (κ3) is 2.49. The van der Waals surface area contributed by atoms with Gasteiger partial charge >= 0.3 is 0 Å². The number of aromatic nitrogens is 2. The predicted octanol–water partition coefficient (Wildman–Crippen LogP) is 2.90. The lowest BCUT2D eigenvalue weighted by Gasteiger charge is -2.03. The molecule has 2 aromatic carbocycles. The fraction of sp³-hybridized carbons (Fsp3) is 0. The summed E-state index contributed by atoms with van der Waals surface area (Å²) in [5, 5.41) is 24.5. The van der Waals surface area contributed by atoms with Gasteiger partial charge in [-0.05, 0) is 12.1 Å². The molecule has 0 radical (unpaired) electrons. The van der Waals surface area contributed by atoms with Gasteiger partial charge in [-0.1, -0.05) is 30.3 Å². The first-order chi connectivity index (χ1) is 11.1. The van der Waals surface area contributed by atoms with Crippen LogP contribution in [0, 0.1) is 21.4 Å². The lowest BCUT2D eigenvalue weighted by atomic mass is 10.1. The lowest BCUT2D eigenvalue weighted by molar-refractivity contribution is -0.384. The molecule has 0 bridgehead atoms. The monoisotopic (exact) mass is 305 g/mol. The summed E-state index contributed by atoms with van der Waals surface area (Å²) in [4.78, 5) is 10.2. The second-order valence-corrected chi connectivity index (χ2v) is 4.77. The Morgan fingerprint density at radius 3 is 2.35 bits per heavy atom. The molecule has 0 spiro atoms. The molecule has 2 N–H and O–H groups in total. The highest BCUT2D eigenvalue weighted by Crippen LogP contribution is 2.28. The van der Waals surface area contributed by atoms with Crippen molar-refractivity contribution in [3.8, 4) is 23.0 Å². The van der Waals surface area contributed by atoms with Gasteiger partial charge in [0.2, 0.25) is 0 Å². The van der Waals surface area contributed by atoms with Crippen molar-refractivity contribution in [3.63, 3.8) is 0 Å². The number of nitro benzene ring substituents is 1. The van der Waals surface area contributed by atoms with Gasteiger partial charge in [0.25, 0.3) is 5.69 Å². The number of nitrogens with two attached hydrogens (primary N) is 1. The summed E-state index contributed by atoms with van der Waals surface area (Å²) in [6.45, 7) is 0. The molecule has 1 aromatic heterocycles. The van der Waals surface area contributed by atoms with Gasteiger partial charge in [0.15, 0.2) is 0 Å². The van der Waals surface area contributed by atoms with Gasteiger partial charge < -0.3 is 5.73 Å². The third-order valence-corrected chi connectivity index (χ3v) is 3.39. The van der Waals surface area contributed by atoms with E-state index < -0.39 is 4.92 Å². The van der Waals surface area contributed by atoms with E-state index in [0.29, 0.717) is 11.4 Å². The maximum absolute atomic E-state index is 10.7. The first-order valence-corrected chi connectivity index (χ1v) is 6.70. The fourth-order valence-electron chi connectivity index (χ4n) is 2.25. The van der Waals surface area contributed by atoms with E-state index in [1.807, 2.05) is 30.3 Å². The largest absolute Gasteiger partial charge is 0.382 e. The molecule has 0 atom stereocenters. The Kier molecular flexibility index (Phi) is 3.49. The molecular weight excluding hydrogens is 294 g/mol. The molecule has 0 saturated carbocycles. The van der Waals surface area contributed by atoms with Crippen molar-refractivity contribution < 1.29 is 4.92 Å². The number of nitro groups is 1. The molecule has 7 heteroatoms. The molecule has 0 aliphatic heterocycles. The van der Waals surface area contributed by atoms with Gasteiger partial charge in [-0.15, -0.1) is 0 Å². The number of hydrogen-bond acceptors (Lipinski definition) is 5. The van der Waals surface area contributed by atoms with Crippen molar-refractivity contribution in [2.24, 2.45) is 0 Å². The van der Waals surface area contributed by atoms with Gasteiger partial charge in [-0.2, -0.15) is 10.4 Å². The lowest BCUT2D eigenvalue weighted by Crippen LogP contribution is -2.02. The fourth-order valence-corrected chi connectivity index (χ4v) is 2.25. The molecule has 1 heterocycles. The van der Waals surface area contributed by atoms with Crippen LogP contribution in [0.2, 0.25) is 0 Å². The van der Waals surface area contributed by atoms with Crippen LogP contribution in [0.3, 0.4) is 0 Å². The van der Waals surface area contributed by atoms with Gasteiger partial charge in [-0.3, -0.25) is 10.1 Å². The predicted molar refractivity (Wildman–Crippen MR) is 84.8 cm³/mol. The first kappa shape index (κ1) is 14.3. The van der Waals surface area contributed by atoms with E-state index in [9.17, 15) is 15.4 Å². The Balaban J connectivity index is 2.13. The molecule has 0 aliphatic rings. The maximum atomic E-state index is 10.7. The molecule has 0 amide bonds. The molecule has 7 nitrogen and oxygen atoms in total. The number of hydrogen-bond donors (Lipinski definition) is 1. The van der Waals surface area contributed by atoms with Crippen LogP contribution < -0.4 is 5.73 Å². The van der Waals surface area contributed by atoms with Crippen LogP contribution >= 0.6 is 0 Å². The Morgan fingerprint density at radius 2 is 1.78 bits per heavy atom. The highest BCUT2D eigenvalue weighted by molar-refractivity contribution is 5.73. The van der Waals surface area contributed by atoms with Crippen LogP contribution in [0.25, 0.3) is 16.9 Å². The number of nitrogens with zero attached hydrogens (tertiary/aromatic N) is 4. The van der Waals surface area contributed by atoms with Crippen molar-refractivity contribution in [3.05, 3.63) is 70.3 Å². The molecule has 112 valence electrons. The number of nitrogen functional groups attached to an aromatic ring is 1. The normalized spacial score (nSPS) is 10.2. The second kappa shape index (κ2) is 5.61. The Morgan fingerprint density at radius 1 is 1.13 bits per heavy atom. The van der Waals surface area contributed by atoms with E-state index in [4.69, 9.17) is 5.73 Å². The molecule has 3 aromatic rings.